The summed E-state index contributed by atoms with van der Waals surface area (Å²) in [7, 11) is 0. The first-order valence-electron chi connectivity index (χ1n) is 4.81. The maximum atomic E-state index is 9.52. The lowest BCUT2D eigenvalue weighted by atomic mass is 10.2. The van der Waals surface area contributed by atoms with Crippen molar-refractivity contribution >= 4 is 17.4 Å². The molecule has 0 saturated heterocycles. The van der Waals surface area contributed by atoms with Crippen LogP contribution in [0.2, 0.25) is 0 Å². The van der Waals surface area contributed by atoms with Gasteiger partial charge in [-0.2, -0.15) is 0 Å². The van der Waals surface area contributed by atoms with Crippen LogP contribution in [0.15, 0.2) is 51.5 Å². The van der Waals surface area contributed by atoms with Gasteiger partial charge >= 0.3 is 0 Å². The summed E-state index contributed by atoms with van der Waals surface area (Å²) < 4.78 is 0. The van der Waals surface area contributed by atoms with Crippen molar-refractivity contribution in [3.8, 4) is 5.75 Å². The summed E-state index contributed by atoms with van der Waals surface area (Å²) in [6.07, 6.45) is 1.90. The first-order valence-corrected chi connectivity index (χ1v) is 5.69. The number of hydrogen-bond acceptors (Lipinski definition) is 4. The molecular formula is C12H14N2OS. The Bertz CT molecular complexity index is 439. The number of benzene rings is 1. The topological polar surface area (TPSA) is 45.0 Å². The number of phenols is 1. The zero-order valence-electron chi connectivity index (χ0n) is 9.34. The molecule has 0 aliphatic heterocycles. The van der Waals surface area contributed by atoms with Crippen LogP contribution in [0.3, 0.4) is 0 Å². The SMILES string of the molecule is C=C(N=Nc1cc(C)ccc1O)S/C=C\C. The van der Waals surface area contributed by atoms with Gasteiger partial charge in [0.05, 0.1) is 0 Å². The summed E-state index contributed by atoms with van der Waals surface area (Å²) in [6, 6.07) is 5.19. The highest BCUT2D eigenvalue weighted by Gasteiger charge is 1.99. The number of thioether (sulfide) groups is 1. The van der Waals surface area contributed by atoms with E-state index < -0.39 is 0 Å². The lowest BCUT2D eigenvalue weighted by molar-refractivity contribution is 0.476. The van der Waals surface area contributed by atoms with Crippen LogP contribution in [-0.4, -0.2) is 5.11 Å². The highest BCUT2D eigenvalue weighted by atomic mass is 32.2. The quantitative estimate of drug-likeness (QED) is 0.778. The molecule has 0 bridgehead atoms. The molecule has 3 nitrogen and oxygen atoms in total. The van der Waals surface area contributed by atoms with Gasteiger partial charge < -0.3 is 5.11 Å². The number of aryl methyl sites for hydroxylation is 1. The van der Waals surface area contributed by atoms with E-state index in [1.165, 1.54) is 11.8 Å². The molecule has 84 valence electrons. The zero-order valence-corrected chi connectivity index (χ0v) is 10.2. The van der Waals surface area contributed by atoms with Crippen molar-refractivity contribution in [2.75, 3.05) is 0 Å². The lowest BCUT2D eigenvalue weighted by Gasteiger charge is -1.99. The van der Waals surface area contributed by atoms with Gasteiger partial charge in [-0.1, -0.05) is 30.5 Å². The Balaban J connectivity index is 2.75. The highest BCUT2D eigenvalue weighted by molar-refractivity contribution is 8.05. The van der Waals surface area contributed by atoms with Gasteiger partial charge in [0.1, 0.15) is 16.5 Å². The molecule has 0 amide bonds. The Hall–Kier alpha value is -1.55. The minimum Gasteiger partial charge on any atom is -0.506 e. The van der Waals surface area contributed by atoms with Crippen LogP contribution in [0.1, 0.15) is 12.5 Å². The van der Waals surface area contributed by atoms with E-state index in [0.717, 1.165) is 5.56 Å². The van der Waals surface area contributed by atoms with Crippen molar-refractivity contribution in [3.63, 3.8) is 0 Å². The molecular weight excluding hydrogens is 220 g/mol. The first-order chi connectivity index (χ1) is 7.63. The number of allylic oxidation sites excluding steroid dienone is 1. The molecule has 1 aromatic rings. The molecule has 1 rings (SSSR count). The van der Waals surface area contributed by atoms with Crippen molar-refractivity contribution in [1.82, 2.24) is 0 Å². The average Bonchev–Trinajstić information content (AvgIpc) is 2.27. The Labute approximate surface area is 99.6 Å². The number of phenolic OH excluding ortho intramolecular Hbond substituents is 1. The van der Waals surface area contributed by atoms with Crippen molar-refractivity contribution in [2.45, 2.75) is 13.8 Å². The van der Waals surface area contributed by atoms with Crippen LogP contribution < -0.4 is 0 Å². The van der Waals surface area contributed by atoms with E-state index in [1.807, 2.05) is 31.4 Å². The van der Waals surface area contributed by atoms with E-state index in [4.69, 9.17) is 0 Å². The first kappa shape index (κ1) is 12.5. The van der Waals surface area contributed by atoms with Gasteiger partial charge in [0.15, 0.2) is 0 Å². The molecule has 4 heteroatoms. The Kier molecular flexibility index (Phi) is 4.79. The number of rotatable bonds is 4. The molecule has 0 fully saturated rings. The molecule has 0 saturated carbocycles. The van der Waals surface area contributed by atoms with Crippen LogP contribution in [0.5, 0.6) is 5.75 Å². The van der Waals surface area contributed by atoms with Crippen molar-refractivity contribution in [1.29, 1.82) is 0 Å². The summed E-state index contributed by atoms with van der Waals surface area (Å²) in [5.41, 5.74) is 1.49. The van der Waals surface area contributed by atoms with Gasteiger partial charge in [0, 0.05) is 0 Å². The fourth-order valence-corrected chi connectivity index (χ4v) is 1.37. The normalized spacial score (nSPS) is 11.4. The third-order valence-electron chi connectivity index (χ3n) is 1.74. The van der Waals surface area contributed by atoms with E-state index in [2.05, 4.69) is 16.8 Å². The second-order valence-corrected chi connectivity index (χ2v) is 4.15. The molecule has 0 aliphatic carbocycles. The molecule has 16 heavy (non-hydrogen) atoms. The monoisotopic (exact) mass is 234 g/mol. The summed E-state index contributed by atoms with van der Waals surface area (Å²) in [6.45, 7) is 7.58. The molecule has 0 heterocycles. The standard InChI is InChI=1S/C12H14N2OS/c1-4-7-16-10(3)13-14-11-8-9(2)5-6-12(11)15/h4-8,15H,3H2,1-2H3/b7-4-,14-13?. The van der Waals surface area contributed by atoms with Gasteiger partial charge in [-0.05, 0) is 37.0 Å². The van der Waals surface area contributed by atoms with Gasteiger partial charge in [0.2, 0.25) is 0 Å². The van der Waals surface area contributed by atoms with Crippen molar-refractivity contribution < 1.29 is 5.11 Å². The maximum Gasteiger partial charge on any atom is 0.143 e. The Morgan fingerprint density at radius 2 is 2.25 bits per heavy atom. The molecule has 0 unspecified atom stereocenters. The van der Waals surface area contributed by atoms with Crippen LogP contribution in [0.25, 0.3) is 0 Å². The van der Waals surface area contributed by atoms with Crippen LogP contribution >= 0.6 is 11.8 Å². The van der Waals surface area contributed by atoms with Gasteiger partial charge in [-0.25, -0.2) is 0 Å². The number of aromatic hydroxyl groups is 1. The molecule has 0 aromatic heterocycles. The van der Waals surface area contributed by atoms with Crippen LogP contribution in [0, 0.1) is 6.92 Å². The van der Waals surface area contributed by atoms with E-state index >= 15 is 0 Å². The average molecular weight is 234 g/mol. The van der Waals surface area contributed by atoms with E-state index in [1.54, 1.807) is 12.1 Å². The van der Waals surface area contributed by atoms with Crippen molar-refractivity contribution in [3.05, 3.63) is 46.9 Å². The van der Waals surface area contributed by atoms with Gasteiger partial charge in [-0.3, -0.25) is 0 Å². The van der Waals surface area contributed by atoms with Gasteiger partial charge in [-0.15, -0.1) is 10.2 Å². The number of hydrogen-bond donors (Lipinski definition) is 1. The highest BCUT2D eigenvalue weighted by Crippen LogP contribution is 2.28. The predicted molar refractivity (Wildman–Crippen MR) is 68.9 cm³/mol. The third-order valence-corrected chi connectivity index (χ3v) is 2.50. The summed E-state index contributed by atoms with van der Waals surface area (Å²) in [5, 5.41) is 19.8. The van der Waals surface area contributed by atoms with E-state index in [-0.39, 0.29) is 5.75 Å². The minimum atomic E-state index is 0.123. The van der Waals surface area contributed by atoms with E-state index in [9.17, 15) is 5.11 Å². The summed E-state index contributed by atoms with van der Waals surface area (Å²) >= 11 is 1.39. The molecule has 1 aromatic carbocycles. The lowest BCUT2D eigenvalue weighted by Crippen LogP contribution is -1.72. The summed E-state index contributed by atoms with van der Waals surface area (Å²) in [4.78, 5) is 0. The molecule has 0 radical (unpaired) electrons. The van der Waals surface area contributed by atoms with Crippen LogP contribution in [-0.2, 0) is 0 Å². The third kappa shape index (κ3) is 3.90. The number of nitrogens with zero attached hydrogens (tertiary/aromatic N) is 2. The largest absolute Gasteiger partial charge is 0.506 e. The Morgan fingerprint density at radius 1 is 1.50 bits per heavy atom. The second kappa shape index (κ2) is 6.12. The minimum absolute atomic E-state index is 0.123. The molecule has 1 N–H and O–H groups in total. The Morgan fingerprint density at radius 3 is 2.94 bits per heavy atom. The fraction of sp³-hybridized carbons (Fsp3) is 0.167. The second-order valence-electron chi connectivity index (χ2n) is 3.17. The molecule has 0 atom stereocenters. The van der Waals surface area contributed by atoms with Crippen molar-refractivity contribution in [2.24, 2.45) is 10.2 Å². The fourth-order valence-electron chi connectivity index (χ4n) is 0.993. The summed E-state index contributed by atoms with van der Waals surface area (Å²) in [5.74, 6) is 0.123. The zero-order chi connectivity index (χ0) is 12.0. The number of azo groups is 1. The smallest absolute Gasteiger partial charge is 0.143 e. The maximum absolute atomic E-state index is 9.52. The molecule has 0 spiro atoms. The predicted octanol–water partition coefficient (Wildman–Crippen LogP) is 4.52. The van der Waals surface area contributed by atoms with E-state index in [0.29, 0.717) is 10.7 Å². The van der Waals surface area contributed by atoms with Crippen LogP contribution in [0.4, 0.5) is 5.69 Å². The molecule has 0 aliphatic rings. The van der Waals surface area contributed by atoms with Gasteiger partial charge in [0.25, 0.3) is 0 Å².